The van der Waals surface area contributed by atoms with E-state index >= 15 is 0 Å². The molecule has 1 atom stereocenters. The molecular weight excluding hydrogens is 250 g/mol. The normalized spacial score (nSPS) is 22.6. The third-order valence-electron chi connectivity index (χ3n) is 3.63. The van der Waals surface area contributed by atoms with E-state index in [0.717, 1.165) is 45.3 Å². The second-order valence-electron chi connectivity index (χ2n) is 5.20. The van der Waals surface area contributed by atoms with Gasteiger partial charge in [-0.05, 0) is 52.9 Å². The lowest BCUT2D eigenvalue weighted by molar-refractivity contribution is 0.187. The average molecular weight is 277 g/mol. The molecule has 0 bridgehead atoms. The molecule has 0 saturated carbocycles. The van der Waals surface area contributed by atoms with Crippen LogP contribution in [0.3, 0.4) is 0 Å². The van der Waals surface area contributed by atoms with Gasteiger partial charge in [-0.2, -0.15) is 0 Å². The highest BCUT2D eigenvalue weighted by Gasteiger charge is 2.28. The van der Waals surface area contributed by atoms with Gasteiger partial charge in [-0.3, -0.25) is 0 Å². The predicted molar refractivity (Wildman–Crippen MR) is 75.2 cm³/mol. The molecule has 0 spiro atoms. The molecule has 6 heteroatoms. The maximum absolute atomic E-state index is 12.2. The van der Waals surface area contributed by atoms with Crippen molar-refractivity contribution in [2.24, 2.45) is 0 Å². The Kier molecular flexibility index (Phi) is 6.55. The van der Waals surface area contributed by atoms with Gasteiger partial charge in [0.1, 0.15) is 0 Å². The first-order valence-corrected chi connectivity index (χ1v) is 8.37. The molecule has 5 nitrogen and oxygen atoms in total. The SMILES string of the molecule is CNCCCCS(=O)(=O)N(C)C1CCCN(C)C1. The van der Waals surface area contributed by atoms with Gasteiger partial charge >= 0.3 is 0 Å². The first kappa shape index (κ1) is 15.9. The molecule has 0 amide bonds. The van der Waals surface area contributed by atoms with Crippen molar-refractivity contribution in [1.82, 2.24) is 14.5 Å². The first-order chi connectivity index (χ1) is 8.47. The number of hydrogen-bond acceptors (Lipinski definition) is 4. The van der Waals surface area contributed by atoms with Crippen molar-refractivity contribution in [2.75, 3.05) is 46.5 Å². The summed E-state index contributed by atoms with van der Waals surface area (Å²) in [6.07, 6.45) is 3.71. The molecule has 1 aliphatic rings. The van der Waals surface area contributed by atoms with Crippen LogP contribution in [-0.4, -0.2) is 70.2 Å². The molecule has 1 unspecified atom stereocenters. The summed E-state index contributed by atoms with van der Waals surface area (Å²) in [5, 5.41) is 3.04. The maximum Gasteiger partial charge on any atom is 0.214 e. The molecule has 0 aromatic heterocycles. The number of nitrogens with one attached hydrogen (secondary N) is 1. The van der Waals surface area contributed by atoms with Gasteiger partial charge in [-0.25, -0.2) is 12.7 Å². The fourth-order valence-corrected chi connectivity index (χ4v) is 3.88. The van der Waals surface area contributed by atoms with E-state index in [4.69, 9.17) is 0 Å². The summed E-state index contributed by atoms with van der Waals surface area (Å²) in [6, 6.07) is 0.151. The van der Waals surface area contributed by atoms with Gasteiger partial charge in [0, 0.05) is 19.6 Å². The highest BCUT2D eigenvalue weighted by Crippen LogP contribution is 2.17. The third-order valence-corrected chi connectivity index (χ3v) is 5.61. The highest BCUT2D eigenvalue weighted by atomic mass is 32.2. The molecule has 1 N–H and O–H groups in total. The van der Waals surface area contributed by atoms with Crippen LogP contribution in [0, 0.1) is 0 Å². The smallest absolute Gasteiger partial charge is 0.214 e. The number of likely N-dealkylation sites (N-methyl/N-ethyl adjacent to an activating group) is 2. The van der Waals surface area contributed by atoms with Gasteiger partial charge in [0.15, 0.2) is 0 Å². The second kappa shape index (κ2) is 7.43. The van der Waals surface area contributed by atoms with Crippen LogP contribution >= 0.6 is 0 Å². The topological polar surface area (TPSA) is 52.7 Å². The molecule has 1 rings (SSSR count). The standard InChI is InChI=1S/C12H27N3O2S/c1-13-8-4-5-10-18(16,17)15(3)12-7-6-9-14(2)11-12/h12-13H,4-11H2,1-3H3. The lowest BCUT2D eigenvalue weighted by atomic mass is 10.1. The molecule has 1 aliphatic heterocycles. The Morgan fingerprint density at radius 2 is 2.11 bits per heavy atom. The average Bonchev–Trinajstić information content (AvgIpc) is 2.34. The Bertz CT molecular complexity index is 332. The van der Waals surface area contributed by atoms with Crippen molar-refractivity contribution in [3.05, 3.63) is 0 Å². The maximum atomic E-state index is 12.2. The number of rotatable bonds is 7. The first-order valence-electron chi connectivity index (χ1n) is 6.76. The van der Waals surface area contributed by atoms with Gasteiger partial charge in [0.05, 0.1) is 5.75 Å². The summed E-state index contributed by atoms with van der Waals surface area (Å²) in [6.45, 7) is 2.81. The van der Waals surface area contributed by atoms with Crippen LogP contribution in [0.4, 0.5) is 0 Å². The monoisotopic (exact) mass is 277 g/mol. The number of nitrogens with zero attached hydrogens (tertiary/aromatic N) is 2. The summed E-state index contributed by atoms with van der Waals surface area (Å²) in [7, 11) is 2.59. The van der Waals surface area contributed by atoms with Crippen molar-refractivity contribution in [3.63, 3.8) is 0 Å². The van der Waals surface area contributed by atoms with E-state index in [-0.39, 0.29) is 11.8 Å². The Balaban J connectivity index is 2.45. The van der Waals surface area contributed by atoms with E-state index in [9.17, 15) is 8.42 Å². The van der Waals surface area contributed by atoms with Crippen LogP contribution in [0.15, 0.2) is 0 Å². The number of sulfonamides is 1. The van der Waals surface area contributed by atoms with E-state index < -0.39 is 10.0 Å². The highest BCUT2D eigenvalue weighted by molar-refractivity contribution is 7.89. The lowest BCUT2D eigenvalue weighted by Crippen LogP contribution is -2.47. The van der Waals surface area contributed by atoms with Crippen molar-refractivity contribution in [1.29, 1.82) is 0 Å². The number of likely N-dealkylation sites (tertiary alicyclic amines) is 1. The van der Waals surface area contributed by atoms with E-state index in [1.165, 1.54) is 0 Å². The number of unbranched alkanes of at least 4 members (excludes halogenated alkanes) is 1. The molecule has 0 aliphatic carbocycles. The summed E-state index contributed by atoms with van der Waals surface area (Å²) in [5.74, 6) is 0.269. The van der Waals surface area contributed by atoms with E-state index in [1.807, 2.05) is 7.05 Å². The molecule has 1 heterocycles. The molecule has 18 heavy (non-hydrogen) atoms. The molecule has 0 aromatic rings. The number of hydrogen-bond donors (Lipinski definition) is 1. The fourth-order valence-electron chi connectivity index (χ4n) is 2.39. The quantitative estimate of drug-likeness (QED) is 0.682. The van der Waals surface area contributed by atoms with Crippen LogP contribution in [0.25, 0.3) is 0 Å². The molecule has 0 radical (unpaired) electrons. The summed E-state index contributed by atoms with van der Waals surface area (Å²) < 4.78 is 26.0. The van der Waals surface area contributed by atoms with E-state index in [2.05, 4.69) is 17.3 Å². The van der Waals surface area contributed by atoms with Gasteiger partial charge in [0.25, 0.3) is 0 Å². The summed E-state index contributed by atoms with van der Waals surface area (Å²) >= 11 is 0. The Morgan fingerprint density at radius 3 is 2.72 bits per heavy atom. The third kappa shape index (κ3) is 4.84. The van der Waals surface area contributed by atoms with Crippen molar-refractivity contribution >= 4 is 10.0 Å². The largest absolute Gasteiger partial charge is 0.320 e. The summed E-state index contributed by atoms with van der Waals surface area (Å²) in [5.41, 5.74) is 0. The molecule has 1 fully saturated rings. The predicted octanol–water partition coefficient (Wildman–Crippen LogP) is 0.342. The molecule has 108 valence electrons. The van der Waals surface area contributed by atoms with Gasteiger partial charge in [-0.1, -0.05) is 0 Å². The van der Waals surface area contributed by atoms with E-state index in [1.54, 1.807) is 11.4 Å². The minimum Gasteiger partial charge on any atom is -0.320 e. The van der Waals surface area contributed by atoms with Crippen LogP contribution in [0.2, 0.25) is 0 Å². The van der Waals surface area contributed by atoms with Crippen LogP contribution in [-0.2, 0) is 10.0 Å². The minimum absolute atomic E-state index is 0.151. The zero-order chi connectivity index (χ0) is 13.6. The van der Waals surface area contributed by atoms with Crippen LogP contribution < -0.4 is 5.32 Å². The minimum atomic E-state index is -3.08. The van der Waals surface area contributed by atoms with Crippen LogP contribution in [0.1, 0.15) is 25.7 Å². The van der Waals surface area contributed by atoms with Gasteiger partial charge in [-0.15, -0.1) is 0 Å². The molecular formula is C12H27N3O2S. The lowest BCUT2D eigenvalue weighted by Gasteiger charge is -2.35. The van der Waals surface area contributed by atoms with Crippen molar-refractivity contribution in [3.8, 4) is 0 Å². The number of piperidine rings is 1. The Morgan fingerprint density at radius 1 is 1.39 bits per heavy atom. The van der Waals surface area contributed by atoms with Gasteiger partial charge in [0.2, 0.25) is 10.0 Å². The van der Waals surface area contributed by atoms with E-state index in [0.29, 0.717) is 0 Å². The molecule has 0 aromatic carbocycles. The Labute approximate surface area is 112 Å². The molecule has 1 saturated heterocycles. The zero-order valence-electron chi connectivity index (χ0n) is 11.9. The zero-order valence-corrected chi connectivity index (χ0v) is 12.7. The van der Waals surface area contributed by atoms with Gasteiger partial charge < -0.3 is 10.2 Å². The van der Waals surface area contributed by atoms with Crippen molar-refractivity contribution < 1.29 is 8.42 Å². The summed E-state index contributed by atoms with van der Waals surface area (Å²) in [4.78, 5) is 2.21. The fraction of sp³-hybridized carbons (Fsp3) is 1.00. The Hall–Kier alpha value is -0.170. The second-order valence-corrected chi connectivity index (χ2v) is 7.35. The van der Waals surface area contributed by atoms with Crippen LogP contribution in [0.5, 0.6) is 0 Å². The van der Waals surface area contributed by atoms with Crippen molar-refractivity contribution in [2.45, 2.75) is 31.7 Å².